The fourth-order valence-electron chi connectivity index (χ4n) is 5.07. The fraction of sp³-hybridized carbons (Fsp3) is 0.760. The van der Waals surface area contributed by atoms with E-state index in [9.17, 15) is 0 Å². The number of hydrogen-bond donors (Lipinski definition) is 2. The molecule has 0 unspecified atom stereocenters. The third-order valence-electron chi connectivity index (χ3n) is 7.83. The zero-order valence-corrected chi connectivity index (χ0v) is 22.9. The number of hydrogen-bond acceptors (Lipinski definition) is 12. The molecule has 3 aliphatic rings. The molecule has 5 rings (SSSR count). The van der Waals surface area contributed by atoms with Gasteiger partial charge in [0.15, 0.2) is 17.0 Å². The van der Waals surface area contributed by atoms with E-state index in [0.717, 1.165) is 128 Å². The summed E-state index contributed by atoms with van der Waals surface area (Å²) >= 11 is 0. The first-order valence-corrected chi connectivity index (χ1v) is 13.8. The van der Waals surface area contributed by atoms with Gasteiger partial charge in [0, 0.05) is 105 Å². The average Bonchev–Trinajstić information content (AvgIpc) is 2.91. The molecule has 0 aliphatic carbocycles. The molecular formula is C25H44N12. The summed E-state index contributed by atoms with van der Waals surface area (Å²) in [5.74, 6) is 2.30. The minimum Gasteiger partial charge on any atom is -0.367 e. The van der Waals surface area contributed by atoms with Crippen LogP contribution in [0.15, 0.2) is 6.20 Å². The summed E-state index contributed by atoms with van der Waals surface area (Å²) in [5, 5.41) is 7.04. The predicted molar refractivity (Wildman–Crippen MR) is 150 cm³/mol. The van der Waals surface area contributed by atoms with Gasteiger partial charge in [-0.05, 0) is 21.1 Å². The lowest BCUT2D eigenvalue weighted by Gasteiger charge is -2.33. The van der Waals surface area contributed by atoms with Gasteiger partial charge in [0.2, 0.25) is 5.95 Å². The Hall–Kier alpha value is -2.38. The van der Waals surface area contributed by atoms with Crippen LogP contribution in [0, 0.1) is 0 Å². The van der Waals surface area contributed by atoms with Crippen LogP contribution in [0.4, 0.5) is 17.6 Å². The van der Waals surface area contributed by atoms with Gasteiger partial charge in [0.05, 0.1) is 6.20 Å². The second-order valence-corrected chi connectivity index (χ2v) is 10.7. The molecule has 12 nitrogen and oxygen atoms in total. The summed E-state index contributed by atoms with van der Waals surface area (Å²) in [6.07, 6.45) is 1.82. The molecule has 3 saturated heterocycles. The van der Waals surface area contributed by atoms with Gasteiger partial charge < -0.3 is 30.2 Å². The normalized spacial score (nSPS) is 21.5. The second-order valence-electron chi connectivity index (χ2n) is 10.7. The molecule has 12 heteroatoms. The molecule has 0 amide bonds. The molecule has 37 heavy (non-hydrogen) atoms. The Morgan fingerprint density at radius 2 is 1.19 bits per heavy atom. The minimum absolute atomic E-state index is 0.649. The lowest BCUT2D eigenvalue weighted by atomic mass is 10.3. The Bertz CT molecular complexity index is 995. The van der Waals surface area contributed by atoms with E-state index < -0.39 is 0 Å². The molecule has 3 fully saturated rings. The molecule has 0 aromatic carbocycles. The molecule has 0 radical (unpaired) electrons. The summed E-state index contributed by atoms with van der Waals surface area (Å²) in [7, 11) is 6.54. The number of nitrogens with zero attached hydrogens (tertiary/aromatic N) is 10. The van der Waals surface area contributed by atoms with E-state index in [4.69, 9.17) is 19.9 Å². The molecule has 2 N–H and O–H groups in total. The van der Waals surface area contributed by atoms with Gasteiger partial charge in [0.25, 0.3) is 0 Å². The average molecular weight is 513 g/mol. The van der Waals surface area contributed by atoms with Gasteiger partial charge in [0.1, 0.15) is 5.82 Å². The summed E-state index contributed by atoms with van der Waals surface area (Å²) in [4.78, 5) is 33.8. The van der Waals surface area contributed by atoms with E-state index in [-0.39, 0.29) is 0 Å². The maximum Gasteiger partial charge on any atom is 0.229 e. The van der Waals surface area contributed by atoms with E-state index in [1.54, 1.807) is 0 Å². The van der Waals surface area contributed by atoms with Crippen LogP contribution in [0.2, 0.25) is 0 Å². The van der Waals surface area contributed by atoms with E-state index in [1.165, 1.54) is 0 Å². The Labute approximate surface area is 221 Å². The van der Waals surface area contributed by atoms with Crippen LogP contribution in [0.25, 0.3) is 11.2 Å². The van der Waals surface area contributed by atoms with Crippen LogP contribution in [-0.2, 0) is 0 Å². The zero-order valence-electron chi connectivity index (χ0n) is 22.9. The van der Waals surface area contributed by atoms with Crippen LogP contribution >= 0.6 is 0 Å². The molecule has 0 atom stereocenters. The molecule has 0 bridgehead atoms. The molecule has 2 aromatic heterocycles. The number of likely N-dealkylation sites (N-methyl/N-ethyl adjacent to an activating group) is 3. The van der Waals surface area contributed by atoms with Gasteiger partial charge in [-0.15, -0.1) is 0 Å². The van der Waals surface area contributed by atoms with E-state index in [0.29, 0.717) is 5.65 Å². The largest absolute Gasteiger partial charge is 0.367 e. The summed E-state index contributed by atoms with van der Waals surface area (Å²) in [6, 6.07) is 0. The van der Waals surface area contributed by atoms with Crippen LogP contribution in [0.1, 0.15) is 0 Å². The molecule has 0 spiro atoms. The van der Waals surface area contributed by atoms with Gasteiger partial charge >= 0.3 is 0 Å². The van der Waals surface area contributed by atoms with E-state index in [1.807, 2.05) is 6.20 Å². The zero-order chi connectivity index (χ0) is 25.6. The van der Waals surface area contributed by atoms with Gasteiger partial charge in [-0.1, -0.05) is 0 Å². The first-order valence-electron chi connectivity index (χ1n) is 13.8. The Kier molecular flexibility index (Phi) is 8.82. The Morgan fingerprint density at radius 1 is 0.649 bits per heavy atom. The molecule has 5 heterocycles. The highest BCUT2D eigenvalue weighted by atomic mass is 15.3. The van der Waals surface area contributed by atoms with Crippen LogP contribution < -0.4 is 15.5 Å². The molecule has 0 saturated carbocycles. The van der Waals surface area contributed by atoms with Crippen molar-refractivity contribution in [2.45, 2.75) is 0 Å². The Morgan fingerprint density at radius 3 is 1.78 bits per heavy atom. The lowest BCUT2D eigenvalue weighted by Crippen LogP contribution is -2.46. The first kappa shape index (κ1) is 26.2. The van der Waals surface area contributed by atoms with Crippen molar-refractivity contribution in [2.75, 3.05) is 141 Å². The summed E-state index contributed by atoms with van der Waals surface area (Å²) in [5.41, 5.74) is 1.39. The van der Waals surface area contributed by atoms with Crippen molar-refractivity contribution < 1.29 is 0 Å². The van der Waals surface area contributed by atoms with Crippen molar-refractivity contribution >= 4 is 28.7 Å². The van der Waals surface area contributed by atoms with E-state index in [2.05, 4.69) is 61.2 Å². The third-order valence-corrected chi connectivity index (χ3v) is 7.83. The molecular weight excluding hydrogens is 468 g/mol. The lowest BCUT2D eigenvalue weighted by molar-refractivity contribution is 0.158. The topological polar surface area (TPSA) is 95.1 Å². The van der Waals surface area contributed by atoms with Crippen LogP contribution in [0.3, 0.4) is 0 Å². The van der Waals surface area contributed by atoms with Crippen LogP contribution in [-0.4, -0.2) is 170 Å². The Balaban J connectivity index is 1.26. The van der Waals surface area contributed by atoms with Crippen molar-refractivity contribution in [3.8, 4) is 0 Å². The summed E-state index contributed by atoms with van der Waals surface area (Å²) < 4.78 is 0. The number of aromatic nitrogens is 4. The monoisotopic (exact) mass is 512 g/mol. The molecule has 3 aliphatic heterocycles. The standard InChI is InChI=1S/C25H44N12/c1-32-8-14-35(15-9-32)6-4-26-21-20-28-22-23(27-5-7-36-16-10-33(2)11-17-36)30-25(31-24(22)29-21)37-18-12-34(3)13-19-37/h20H,4-19H2,1-3H3,(H2,26,27,29,30,31). The quantitative estimate of drug-likeness (QED) is 0.453. The smallest absolute Gasteiger partial charge is 0.229 e. The highest BCUT2D eigenvalue weighted by Gasteiger charge is 2.20. The van der Waals surface area contributed by atoms with Crippen molar-refractivity contribution in [1.82, 2.24) is 44.4 Å². The maximum absolute atomic E-state index is 4.93. The fourth-order valence-corrected chi connectivity index (χ4v) is 5.07. The highest BCUT2D eigenvalue weighted by Crippen LogP contribution is 2.22. The first-order chi connectivity index (χ1) is 18.0. The van der Waals surface area contributed by atoms with Crippen LogP contribution in [0.5, 0.6) is 0 Å². The maximum atomic E-state index is 4.93. The van der Waals surface area contributed by atoms with Gasteiger partial charge in [-0.2, -0.15) is 9.97 Å². The van der Waals surface area contributed by atoms with Crippen molar-refractivity contribution in [2.24, 2.45) is 0 Å². The van der Waals surface area contributed by atoms with Crippen molar-refractivity contribution in [3.05, 3.63) is 6.20 Å². The SMILES string of the molecule is CN1CCN(CCNc2cnc3c(NCCN4CCN(C)CC4)nc(N4CCN(C)CC4)nc3n2)CC1. The number of piperazine rings is 3. The van der Waals surface area contributed by atoms with E-state index >= 15 is 0 Å². The molecule has 204 valence electrons. The number of rotatable bonds is 9. The van der Waals surface area contributed by atoms with Crippen molar-refractivity contribution in [1.29, 1.82) is 0 Å². The van der Waals surface area contributed by atoms with Crippen molar-refractivity contribution in [3.63, 3.8) is 0 Å². The van der Waals surface area contributed by atoms with Gasteiger partial charge in [-0.25, -0.2) is 9.97 Å². The molecule has 2 aromatic rings. The number of fused-ring (bicyclic) bond motifs is 1. The highest BCUT2D eigenvalue weighted by molar-refractivity contribution is 5.84. The number of anilines is 3. The second kappa shape index (κ2) is 12.4. The van der Waals surface area contributed by atoms with Gasteiger partial charge in [-0.3, -0.25) is 9.80 Å². The summed E-state index contributed by atoms with van der Waals surface area (Å²) in [6.45, 7) is 16.5. The third kappa shape index (κ3) is 7.14. The predicted octanol–water partition coefficient (Wildman–Crippen LogP) is -0.510. The minimum atomic E-state index is 0.649. The number of nitrogens with one attached hydrogen (secondary N) is 2.